The van der Waals surface area contributed by atoms with Crippen molar-refractivity contribution in [3.05, 3.63) is 27.5 Å². The highest BCUT2D eigenvalue weighted by atomic mass is 79.9. The average molecular weight is 364 g/mol. The second-order valence-corrected chi connectivity index (χ2v) is 6.49. The van der Waals surface area contributed by atoms with Gasteiger partial charge < -0.3 is 10.1 Å². The standard InChI is InChI=1S/C13H16BrClN2O3/c1-7(12(19)20-13(2,3)4)17-11(18)9-5-8(14)6-16-10(9)15/h5-7H,1-4H3,(H,17,18)/t7-/m0/s1. The van der Waals surface area contributed by atoms with Crippen molar-refractivity contribution in [2.75, 3.05) is 0 Å². The Balaban J connectivity index is 2.75. The molecule has 0 spiro atoms. The Labute approximate surface area is 131 Å². The number of ether oxygens (including phenoxy) is 1. The molecule has 0 bridgehead atoms. The van der Waals surface area contributed by atoms with Gasteiger partial charge in [0.15, 0.2) is 0 Å². The van der Waals surface area contributed by atoms with Gasteiger partial charge in [0.1, 0.15) is 16.8 Å². The van der Waals surface area contributed by atoms with E-state index in [2.05, 4.69) is 26.2 Å². The molecule has 0 radical (unpaired) electrons. The van der Waals surface area contributed by atoms with Gasteiger partial charge in [-0.25, -0.2) is 9.78 Å². The number of rotatable bonds is 3. The maximum atomic E-state index is 12.0. The van der Waals surface area contributed by atoms with Crippen LogP contribution in [-0.4, -0.2) is 28.5 Å². The van der Waals surface area contributed by atoms with E-state index < -0.39 is 23.5 Å². The Kier molecular flexibility index (Phi) is 5.53. The summed E-state index contributed by atoms with van der Waals surface area (Å²) in [5.74, 6) is -0.993. The quantitative estimate of drug-likeness (QED) is 0.662. The summed E-state index contributed by atoms with van der Waals surface area (Å²) >= 11 is 9.06. The molecule has 110 valence electrons. The first-order valence-electron chi connectivity index (χ1n) is 5.95. The van der Waals surface area contributed by atoms with Crippen molar-refractivity contribution in [2.45, 2.75) is 39.3 Å². The molecule has 0 aliphatic rings. The fourth-order valence-corrected chi connectivity index (χ4v) is 1.83. The number of aromatic nitrogens is 1. The number of pyridine rings is 1. The summed E-state index contributed by atoms with van der Waals surface area (Å²) in [6.07, 6.45) is 1.48. The highest BCUT2D eigenvalue weighted by Crippen LogP contribution is 2.18. The fraction of sp³-hybridized carbons (Fsp3) is 0.462. The lowest BCUT2D eigenvalue weighted by molar-refractivity contribution is -0.156. The van der Waals surface area contributed by atoms with Gasteiger partial charge >= 0.3 is 5.97 Å². The van der Waals surface area contributed by atoms with Gasteiger partial charge in [0.25, 0.3) is 5.91 Å². The van der Waals surface area contributed by atoms with Crippen LogP contribution in [0.15, 0.2) is 16.7 Å². The van der Waals surface area contributed by atoms with E-state index >= 15 is 0 Å². The average Bonchev–Trinajstić information content (AvgIpc) is 2.29. The first kappa shape index (κ1) is 16.9. The minimum atomic E-state index is -0.781. The third-order valence-electron chi connectivity index (χ3n) is 2.16. The van der Waals surface area contributed by atoms with Crippen LogP contribution in [0.5, 0.6) is 0 Å². The summed E-state index contributed by atoms with van der Waals surface area (Å²) in [4.78, 5) is 27.7. The van der Waals surface area contributed by atoms with Crippen LogP contribution in [0.3, 0.4) is 0 Å². The Hall–Kier alpha value is -1.14. The molecule has 1 aromatic rings. The zero-order valence-corrected chi connectivity index (χ0v) is 14.0. The number of halogens is 2. The second kappa shape index (κ2) is 6.54. The maximum Gasteiger partial charge on any atom is 0.328 e. The number of hydrogen-bond acceptors (Lipinski definition) is 4. The normalized spacial score (nSPS) is 12.7. The number of carbonyl (C=O) groups is 2. The summed E-state index contributed by atoms with van der Waals surface area (Å²) < 4.78 is 5.80. The Morgan fingerprint density at radius 1 is 1.45 bits per heavy atom. The molecule has 0 unspecified atom stereocenters. The van der Waals surface area contributed by atoms with Crippen LogP contribution >= 0.6 is 27.5 Å². The minimum absolute atomic E-state index is 0.0714. The smallest absolute Gasteiger partial charge is 0.328 e. The molecule has 0 saturated heterocycles. The number of nitrogens with one attached hydrogen (secondary N) is 1. The van der Waals surface area contributed by atoms with Crippen LogP contribution in [0.2, 0.25) is 5.15 Å². The van der Waals surface area contributed by atoms with Gasteiger partial charge in [0, 0.05) is 10.7 Å². The molecule has 0 aliphatic heterocycles. The zero-order chi connectivity index (χ0) is 15.5. The van der Waals surface area contributed by atoms with Gasteiger partial charge in [-0.05, 0) is 49.7 Å². The first-order valence-corrected chi connectivity index (χ1v) is 7.12. The van der Waals surface area contributed by atoms with Crippen molar-refractivity contribution in [3.63, 3.8) is 0 Å². The lowest BCUT2D eigenvalue weighted by Crippen LogP contribution is -2.42. The molecule has 1 atom stereocenters. The van der Waals surface area contributed by atoms with E-state index in [0.29, 0.717) is 4.47 Å². The summed E-state index contributed by atoms with van der Waals surface area (Å²) in [6.45, 7) is 6.82. The Morgan fingerprint density at radius 3 is 2.60 bits per heavy atom. The molecule has 0 saturated carbocycles. The number of carbonyl (C=O) groups excluding carboxylic acids is 2. The van der Waals surface area contributed by atoms with Crippen LogP contribution in [-0.2, 0) is 9.53 Å². The largest absolute Gasteiger partial charge is 0.458 e. The van der Waals surface area contributed by atoms with Crippen molar-refractivity contribution >= 4 is 39.4 Å². The summed E-state index contributed by atoms with van der Waals surface area (Å²) in [6, 6.07) is 0.753. The molecule has 1 N–H and O–H groups in total. The van der Waals surface area contributed by atoms with Crippen LogP contribution < -0.4 is 5.32 Å². The van der Waals surface area contributed by atoms with E-state index in [-0.39, 0.29) is 10.7 Å². The van der Waals surface area contributed by atoms with Crippen molar-refractivity contribution in [1.82, 2.24) is 10.3 Å². The number of hydrogen-bond donors (Lipinski definition) is 1. The zero-order valence-electron chi connectivity index (χ0n) is 11.7. The molecule has 0 aliphatic carbocycles. The molecular formula is C13H16BrClN2O3. The van der Waals surface area contributed by atoms with E-state index in [1.165, 1.54) is 12.3 Å². The lowest BCUT2D eigenvalue weighted by Gasteiger charge is -2.22. The van der Waals surface area contributed by atoms with Crippen molar-refractivity contribution in [1.29, 1.82) is 0 Å². The van der Waals surface area contributed by atoms with Crippen LogP contribution in [0.4, 0.5) is 0 Å². The van der Waals surface area contributed by atoms with E-state index in [4.69, 9.17) is 16.3 Å². The van der Waals surface area contributed by atoms with Crippen molar-refractivity contribution in [2.24, 2.45) is 0 Å². The van der Waals surface area contributed by atoms with Gasteiger partial charge in [0.2, 0.25) is 0 Å². The van der Waals surface area contributed by atoms with Gasteiger partial charge in [-0.1, -0.05) is 11.6 Å². The van der Waals surface area contributed by atoms with E-state index in [1.807, 2.05) is 0 Å². The monoisotopic (exact) mass is 362 g/mol. The van der Waals surface area contributed by atoms with E-state index in [0.717, 1.165) is 0 Å². The third kappa shape index (κ3) is 5.09. The second-order valence-electron chi connectivity index (χ2n) is 5.22. The molecule has 0 aromatic carbocycles. The highest BCUT2D eigenvalue weighted by Gasteiger charge is 2.24. The minimum Gasteiger partial charge on any atom is -0.458 e. The van der Waals surface area contributed by atoms with Crippen LogP contribution in [0.1, 0.15) is 38.1 Å². The van der Waals surface area contributed by atoms with Gasteiger partial charge in [-0.3, -0.25) is 4.79 Å². The predicted octanol–water partition coefficient (Wildman–Crippen LogP) is 2.96. The number of amides is 1. The Bertz CT molecular complexity index is 529. The number of esters is 1. The number of nitrogens with zero attached hydrogens (tertiary/aromatic N) is 1. The van der Waals surface area contributed by atoms with Crippen LogP contribution in [0.25, 0.3) is 0 Å². The molecular weight excluding hydrogens is 348 g/mol. The highest BCUT2D eigenvalue weighted by molar-refractivity contribution is 9.10. The fourth-order valence-electron chi connectivity index (χ4n) is 1.31. The topological polar surface area (TPSA) is 68.3 Å². The van der Waals surface area contributed by atoms with Crippen molar-refractivity contribution < 1.29 is 14.3 Å². The molecule has 1 aromatic heterocycles. The van der Waals surface area contributed by atoms with E-state index in [1.54, 1.807) is 27.7 Å². The predicted molar refractivity (Wildman–Crippen MR) is 79.7 cm³/mol. The molecule has 20 heavy (non-hydrogen) atoms. The van der Waals surface area contributed by atoms with Crippen molar-refractivity contribution in [3.8, 4) is 0 Å². The van der Waals surface area contributed by atoms with Gasteiger partial charge in [-0.15, -0.1) is 0 Å². The maximum absolute atomic E-state index is 12.0. The van der Waals surface area contributed by atoms with Gasteiger partial charge in [-0.2, -0.15) is 0 Å². The molecule has 0 fully saturated rings. The molecule has 1 rings (SSSR count). The molecule has 7 heteroatoms. The SMILES string of the molecule is C[C@H](NC(=O)c1cc(Br)cnc1Cl)C(=O)OC(C)(C)C. The molecule has 1 heterocycles. The molecule has 5 nitrogen and oxygen atoms in total. The third-order valence-corrected chi connectivity index (χ3v) is 2.89. The Morgan fingerprint density at radius 2 is 2.05 bits per heavy atom. The van der Waals surface area contributed by atoms with E-state index in [9.17, 15) is 9.59 Å². The summed E-state index contributed by atoms with van der Waals surface area (Å²) in [7, 11) is 0. The first-order chi connectivity index (χ1) is 9.10. The lowest BCUT2D eigenvalue weighted by atomic mass is 10.2. The summed E-state index contributed by atoms with van der Waals surface area (Å²) in [5.41, 5.74) is -0.415. The molecule has 1 amide bonds. The van der Waals surface area contributed by atoms with Crippen LogP contribution in [0, 0.1) is 0 Å². The summed E-state index contributed by atoms with van der Waals surface area (Å²) in [5, 5.41) is 2.60. The van der Waals surface area contributed by atoms with Gasteiger partial charge in [0.05, 0.1) is 5.56 Å².